The maximum absolute atomic E-state index is 11.7. The summed E-state index contributed by atoms with van der Waals surface area (Å²) in [4.78, 5) is 24.3. The Bertz CT molecular complexity index is 255. The highest BCUT2D eigenvalue weighted by Crippen LogP contribution is 2.25. The maximum atomic E-state index is 11.7. The molecule has 5 nitrogen and oxygen atoms in total. The molecule has 1 rings (SSSR count). The van der Waals surface area contributed by atoms with Crippen LogP contribution in [0.1, 0.15) is 26.7 Å². The van der Waals surface area contributed by atoms with Gasteiger partial charge in [0.05, 0.1) is 18.8 Å². The van der Waals surface area contributed by atoms with E-state index in [2.05, 4.69) is 0 Å². The van der Waals surface area contributed by atoms with Crippen LogP contribution in [0.15, 0.2) is 0 Å². The Labute approximate surface area is 88.7 Å². The number of nitrogens with zero attached hydrogens (tertiary/aromatic N) is 1. The van der Waals surface area contributed by atoms with Crippen molar-refractivity contribution in [3.63, 3.8) is 0 Å². The number of hydrogen-bond donors (Lipinski definition) is 2. The molecule has 0 aliphatic carbocycles. The van der Waals surface area contributed by atoms with E-state index in [1.165, 1.54) is 6.92 Å². The molecule has 0 bridgehead atoms. The van der Waals surface area contributed by atoms with Gasteiger partial charge in [0, 0.05) is 12.8 Å². The van der Waals surface area contributed by atoms with Crippen molar-refractivity contribution in [2.24, 2.45) is 5.92 Å². The highest BCUT2D eigenvalue weighted by atomic mass is 16.3. The second-order valence-corrected chi connectivity index (χ2v) is 4.45. The molecule has 0 radical (unpaired) electrons. The van der Waals surface area contributed by atoms with Gasteiger partial charge < -0.3 is 10.2 Å². The number of piperidine rings is 1. The summed E-state index contributed by atoms with van der Waals surface area (Å²) >= 11 is 0. The lowest BCUT2D eigenvalue weighted by Gasteiger charge is -2.40. The van der Waals surface area contributed by atoms with Gasteiger partial charge in [0.25, 0.3) is 0 Å². The lowest BCUT2D eigenvalue weighted by molar-refractivity contribution is -0.161. The summed E-state index contributed by atoms with van der Waals surface area (Å²) in [7, 11) is 0. The summed E-state index contributed by atoms with van der Waals surface area (Å²) in [5.41, 5.74) is -1.17. The van der Waals surface area contributed by atoms with Crippen LogP contribution in [0.5, 0.6) is 0 Å². The molecule has 0 aromatic rings. The third kappa shape index (κ3) is 2.18. The third-order valence-corrected chi connectivity index (χ3v) is 2.77. The van der Waals surface area contributed by atoms with E-state index in [0.29, 0.717) is 12.8 Å². The van der Waals surface area contributed by atoms with Crippen LogP contribution in [0.4, 0.5) is 0 Å². The maximum Gasteiger partial charge on any atom is 0.230 e. The molecule has 0 aromatic heterocycles. The van der Waals surface area contributed by atoms with E-state index >= 15 is 0 Å². The number of aliphatic hydroxyl groups excluding tert-OH is 2. The molecular formula is C10H17NO4. The van der Waals surface area contributed by atoms with Crippen molar-refractivity contribution in [2.75, 3.05) is 13.2 Å². The molecule has 0 spiro atoms. The average Bonchev–Trinajstić information content (AvgIpc) is 2.15. The van der Waals surface area contributed by atoms with Crippen molar-refractivity contribution >= 4 is 11.8 Å². The fraction of sp³-hybridized carbons (Fsp3) is 0.800. The Morgan fingerprint density at radius 2 is 1.67 bits per heavy atom. The number of carbonyl (C=O) groups is 2. The molecule has 0 saturated carbocycles. The van der Waals surface area contributed by atoms with Gasteiger partial charge in [-0.15, -0.1) is 0 Å². The molecule has 1 fully saturated rings. The first kappa shape index (κ1) is 12.1. The monoisotopic (exact) mass is 215 g/mol. The first-order valence-electron chi connectivity index (χ1n) is 5.02. The Morgan fingerprint density at radius 1 is 1.27 bits per heavy atom. The van der Waals surface area contributed by atoms with E-state index in [1.807, 2.05) is 6.92 Å². The standard InChI is InChI=1S/C10H17NO4/c1-7-3-8(14)11(9(15)4-7)10(2,5-12)6-13/h7,12-13H,3-6H2,1-2H3. The van der Waals surface area contributed by atoms with Crippen molar-refractivity contribution in [1.82, 2.24) is 4.90 Å². The lowest BCUT2D eigenvalue weighted by atomic mass is 9.92. The number of aliphatic hydroxyl groups is 2. The Kier molecular flexibility index (Phi) is 3.46. The van der Waals surface area contributed by atoms with Crippen LogP contribution >= 0.6 is 0 Å². The summed E-state index contributed by atoms with van der Waals surface area (Å²) < 4.78 is 0. The minimum atomic E-state index is -1.17. The van der Waals surface area contributed by atoms with Crippen LogP contribution in [-0.4, -0.2) is 45.7 Å². The molecule has 1 heterocycles. The van der Waals surface area contributed by atoms with Crippen LogP contribution in [0.25, 0.3) is 0 Å². The molecule has 1 aliphatic rings. The van der Waals surface area contributed by atoms with Gasteiger partial charge in [-0.05, 0) is 12.8 Å². The molecule has 0 aromatic carbocycles. The zero-order valence-electron chi connectivity index (χ0n) is 9.06. The van der Waals surface area contributed by atoms with Gasteiger partial charge in [0.15, 0.2) is 0 Å². The van der Waals surface area contributed by atoms with E-state index in [-0.39, 0.29) is 17.7 Å². The predicted octanol–water partition coefficient (Wildman–Crippen LogP) is -0.485. The lowest BCUT2D eigenvalue weighted by Crippen LogP contribution is -2.59. The first-order chi connectivity index (χ1) is 6.94. The second-order valence-electron chi connectivity index (χ2n) is 4.45. The van der Waals surface area contributed by atoms with Crippen molar-refractivity contribution < 1.29 is 19.8 Å². The van der Waals surface area contributed by atoms with E-state index in [9.17, 15) is 9.59 Å². The topological polar surface area (TPSA) is 77.8 Å². The minimum Gasteiger partial charge on any atom is -0.394 e. The van der Waals surface area contributed by atoms with Crippen LogP contribution in [-0.2, 0) is 9.59 Å². The van der Waals surface area contributed by atoms with Crippen LogP contribution in [0.3, 0.4) is 0 Å². The number of carbonyl (C=O) groups excluding carboxylic acids is 2. The van der Waals surface area contributed by atoms with E-state index in [0.717, 1.165) is 4.90 Å². The number of likely N-dealkylation sites (tertiary alicyclic amines) is 1. The normalized spacial score (nSPS) is 19.9. The minimum absolute atomic E-state index is 0.0443. The summed E-state index contributed by atoms with van der Waals surface area (Å²) in [5, 5.41) is 18.3. The molecule has 2 amide bonds. The van der Waals surface area contributed by atoms with Gasteiger partial charge in [-0.1, -0.05) is 6.92 Å². The highest BCUT2D eigenvalue weighted by Gasteiger charge is 2.42. The van der Waals surface area contributed by atoms with E-state index in [1.54, 1.807) is 0 Å². The number of hydrogen-bond acceptors (Lipinski definition) is 4. The van der Waals surface area contributed by atoms with E-state index < -0.39 is 18.8 Å². The quantitative estimate of drug-likeness (QED) is 0.623. The highest BCUT2D eigenvalue weighted by molar-refractivity contribution is 5.98. The molecule has 5 heteroatoms. The van der Waals surface area contributed by atoms with Crippen molar-refractivity contribution in [2.45, 2.75) is 32.2 Å². The molecule has 0 atom stereocenters. The van der Waals surface area contributed by atoms with Gasteiger partial charge in [0.1, 0.15) is 0 Å². The molecule has 2 N–H and O–H groups in total. The Morgan fingerprint density at radius 3 is 2.00 bits per heavy atom. The summed E-state index contributed by atoms with van der Waals surface area (Å²) in [6.07, 6.45) is 0.586. The van der Waals surface area contributed by atoms with Crippen molar-refractivity contribution in [3.8, 4) is 0 Å². The van der Waals surface area contributed by atoms with Gasteiger partial charge in [-0.3, -0.25) is 14.5 Å². The molecule has 1 saturated heterocycles. The summed E-state index contributed by atoms with van der Waals surface area (Å²) in [5.74, 6) is -0.586. The third-order valence-electron chi connectivity index (χ3n) is 2.77. The second kappa shape index (κ2) is 4.28. The molecular weight excluding hydrogens is 198 g/mol. The van der Waals surface area contributed by atoms with Gasteiger partial charge in [0.2, 0.25) is 11.8 Å². The molecule has 1 aliphatic heterocycles. The summed E-state index contributed by atoms with van der Waals surface area (Å²) in [6.45, 7) is 2.49. The number of amides is 2. The molecule has 0 unspecified atom stereocenters. The van der Waals surface area contributed by atoms with Crippen LogP contribution < -0.4 is 0 Å². The predicted molar refractivity (Wildman–Crippen MR) is 52.8 cm³/mol. The number of imide groups is 1. The zero-order valence-corrected chi connectivity index (χ0v) is 9.06. The van der Waals surface area contributed by atoms with Crippen LogP contribution in [0.2, 0.25) is 0 Å². The molecule has 15 heavy (non-hydrogen) atoms. The van der Waals surface area contributed by atoms with E-state index in [4.69, 9.17) is 10.2 Å². The first-order valence-corrected chi connectivity index (χ1v) is 5.02. The van der Waals surface area contributed by atoms with Crippen molar-refractivity contribution in [3.05, 3.63) is 0 Å². The largest absolute Gasteiger partial charge is 0.394 e. The van der Waals surface area contributed by atoms with Crippen LogP contribution in [0, 0.1) is 5.92 Å². The Balaban J connectivity index is 2.93. The SMILES string of the molecule is CC1CC(=O)N(C(C)(CO)CO)C(=O)C1. The van der Waals surface area contributed by atoms with Crippen molar-refractivity contribution in [1.29, 1.82) is 0 Å². The summed E-state index contributed by atoms with van der Waals surface area (Å²) in [6, 6.07) is 0. The molecule has 86 valence electrons. The number of rotatable bonds is 3. The van der Waals surface area contributed by atoms with Gasteiger partial charge in [-0.2, -0.15) is 0 Å². The smallest absolute Gasteiger partial charge is 0.230 e. The zero-order chi connectivity index (χ0) is 11.6. The Hall–Kier alpha value is -0.940. The fourth-order valence-corrected chi connectivity index (χ4v) is 1.78. The fourth-order valence-electron chi connectivity index (χ4n) is 1.78. The van der Waals surface area contributed by atoms with Gasteiger partial charge in [-0.25, -0.2) is 0 Å². The average molecular weight is 215 g/mol. The van der Waals surface area contributed by atoms with Gasteiger partial charge >= 0.3 is 0 Å².